The molecule has 0 spiro atoms. The number of benzene rings is 1. The van der Waals surface area contributed by atoms with E-state index in [1.165, 1.54) is 20.3 Å². The molecule has 1 N–H and O–H groups in total. The SMILES string of the molecule is COc1cc(CC2CCCNC2)c(C(C)(F)F)cc1OC. The Kier molecular flexibility index (Phi) is 5.04. The van der Waals surface area contributed by atoms with E-state index in [0.717, 1.165) is 32.9 Å². The third-order valence-electron chi connectivity index (χ3n) is 3.99. The first-order valence-electron chi connectivity index (χ1n) is 7.29. The van der Waals surface area contributed by atoms with Crippen LogP contribution in [-0.4, -0.2) is 27.3 Å². The molecule has 0 aliphatic carbocycles. The maximum absolute atomic E-state index is 13.9. The van der Waals surface area contributed by atoms with Crippen molar-refractivity contribution < 1.29 is 18.3 Å². The Morgan fingerprint density at radius 2 is 1.90 bits per heavy atom. The Hall–Kier alpha value is -1.36. The average molecular weight is 299 g/mol. The number of hydrogen-bond acceptors (Lipinski definition) is 3. The molecule has 118 valence electrons. The van der Waals surface area contributed by atoms with Crippen LogP contribution in [-0.2, 0) is 12.3 Å². The molecule has 21 heavy (non-hydrogen) atoms. The van der Waals surface area contributed by atoms with Crippen molar-refractivity contribution in [2.75, 3.05) is 27.3 Å². The average Bonchev–Trinajstić information content (AvgIpc) is 2.46. The van der Waals surface area contributed by atoms with Crippen LogP contribution in [0.3, 0.4) is 0 Å². The van der Waals surface area contributed by atoms with Crippen LogP contribution < -0.4 is 14.8 Å². The van der Waals surface area contributed by atoms with Crippen molar-refractivity contribution in [2.45, 2.75) is 32.1 Å². The highest BCUT2D eigenvalue weighted by Crippen LogP contribution is 2.39. The van der Waals surface area contributed by atoms with Crippen LogP contribution in [0.15, 0.2) is 12.1 Å². The summed E-state index contributed by atoms with van der Waals surface area (Å²) in [6.07, 6.45) is 2.79. The number of nitrogens with one attached hydrogen (secondary N) is 1. The van der Waals surface area contributed by atoms with Gasteiger partial charge in [0.2, 0.25) is 0 Å². The molecule has 0 bridgehead atoms. The Bertz CT molecular complexity index is 480. The molecule has 1 saturated heterocycles. The van der Waals surface area contributed by atoms with Gasteiger partial charge in [0.15, 0.2) is 11.5 Å². The number of piperidine rings is 1. The Balaban J connectivity index is 2.36. The third-order valence-corrected chi connectivity index (χ3v) is 3.99. The molecule has 3 nitrogen and oxygen atoms in total. The predicted octanol–water partition coefficient (Wildman–Crippen LogP) is 3.36. The smallest absolute Gasteiger partial charge is 0.270 e. The van der Waals surface area contributed by atoms with Crippen molar-refractivity contribution in [1.82, 2.24) is 5.32 Å². The van der Waals surface area contributed by atoms with Gasteiger partial charge in [-0.15, -0.1) is 0 Å². The number of ether oxygens (including phenoxy) is 2. The van der Waals surface area contributed by atoms with E-state index in [4.69, 9.17) is 9.47 Å². The highest BCUT2D eigenvalue weighted by atomic mass is 19.3. The van der Waals surface area contributed by atoms with E-state index in [2.05, 4.69) is 5.32 Å². The summed E-state index contributed by atoms with van der Waals surface area (Å²) < 4.78 is 38.2. The molecule has 1 aromatic carbocycles. The van der Waals surface area contributed by atoms with Crippen molar-refractivity contribution in [3.8, 4) is 11.5 Å². The minimum Gasteiger partial charge on any atom is -0.493 e. The molecule has 1 fully saturated rings. The molecule has 5 heteroatoms. The second kappa shape index (κ2) is 6.60. The van der Waals surface area contributed by atoms with Gasteiger partial charge in [-0.25, -0.2) is 8.78 Å². The van der Waals surface area contributed by atoms with Crippen LogP contribution in [0.4, 0.5) is 8.78 Å². The van der Waals surface area contributed by atoms with Crippen molar-refractivity contribution in [1.29, 1.82) is 0 Å². The molecule has 1 aliphatic heterocycles. The molecule has 0 saturated carbocycles. The third kappa shape index (κ3) is 3.84. The standard InChI is InChI=1S/C16H23F2NO2/c1-16(17,18)13-9-15(21-3)14(20-2)8-12(13)7-11-5-4-6-19-10-11/h8-9,11,19H,4-7,10H2,1-3H3. The quantitative estimate of drug-likeness (QED) is 0.904. The second-order valence-electron chi connectivity index (χ2n) is 5.67. The largest absolute Gasteiger partial charge is 0.493 e. The van der Waals surface area contributed by atoms with Crippen molar-refractivity contribution in [3.05, 3.63) is 23.3 Å². The predicted molar refractivity (Wildman–Crippen MR) is 78.4 cm³/mol. The van der Waals surface area contributed by atoms with Gasteiger partial charge in [0.1, 0.15) is 0 Å². The fraction of sp³-hybridized carbons (Fsp3) is 0.625. The lowest BCUT2D eigenvalue weighted by molar-refractivity contribution is 0.0160. The fourth-order valence-corrected chi connectivity index (χ4v) is 2.91. The summed E-state index contributed by atoms with van der Waals surface area (Å²) in [6.45, 7) is 2.82. The highest BCUT2D eigenvalue weighted by molar-refractivity contribution is 5.49. The summed E-state index contributed by atoms with van der Waals surface area (Å²) in [5.41, 5.74) is 0.680. The fourth-order valence-electron chi connectivity index (χ4n) is 2.91. The molecule has 0 aromatic heterocycles. The van der Waals surface area contributed by atoms with Crippen LogP contribution in [0.1, 0.15) is 30.9 Å². The molecule has 0 radical (unpaired) electrons. The molecule has 1 unspecified atom stereocenters. The minimum atomic E-state index is -2.89. The van der Waals surface area contributed by atoms with E-state index in [1.54, 1.807) is 6.07 Å². The van der Waals surface area contributed by atoms with Crippen molar-refractivity contribution in [2.24, 2.45) is 5.92 Å². The van der Waals surface area contributed by atoms with Gasteiger partial charge in [-0.2, -0.15) is 0 Å². The molecule has 1 heterocycles. The van der Waals surface area contributed by atoms with E-state index in [0.29, 0.717) is 29.4 Å². The summed E-state index contributed by atoms with van der Waals surface area (Å²) in [5, 5.41) is 3.32. The molecule has 1 aromatic rings. The van der Waals surface area contributed by atoms with Gasteiger partial charge < -0.3 is 14.8 Å². The molecule has 1 aliphatic rings. The first-order chi connectivity index (χ1) is 9.95. The first-order valence-corrected chi connectivity index (χ1v) is 7.29. The van der Waals surface area contributed by atoms with Crippen LogP contribution in [0.5, 0.6) is 11.5 Å². The minimum absolute atomic E-state index is 0.0331. The monoisotopic (exact) mass is 299 g/mol. The highest BCUT2D eigenvalue weighted by Gasteiger charge is 2.30. The van der Waals surface area contributed by atoms with E-state index < -0.39 is 5.92 Å². The lowest BCUT2D eigenvalue weighted by Crippen LogP contribution is -2.31. The summed E-state index contributed by atoms with van der Waals surface area (Å²) in [5.74, 6) is -1.65. The van der Waals surface area contributed by atoms with Crippen LogP contribution in [0.25, 0.3) is 0 Å². The van der Waals surface area contributed by atoms with Crippen LogP contribution >= 0.6 is 0 Å². The zero-order chi connectivity index (χ0) is 15.5. The van der Waals surface area contributed by atoms with Gasteiger partial charge >= 0.3 is 0 Å². The molecule has 1 atom stereocenters. The number of hydrogen-bond donors (Lipinski definition) is 1. The first kappa shape index (κ1) is 16.0. The molecular weight excluding hydrogens is 276 g/mol. The lowest BCUT2D eigenvalue weighted by Gasteiger charge is -2.25. The van der Waals surface area contributed by atoms with Gasteiger partial charge in [0.25, 0.3) is 5.92 Å². The van der Waals surface area contributed by atoms with Crippen molar-refractivity contribution >= 4 is 0 Å². The maximum Gasteiger partial charge on any atom is 0.270 e. The van der Waals surface area contributed by atoms with Gasteiger partial charge in [-0.1, -0.05) is 0 Å². The van der Waals surface area contributed by atoms with E-state index in [-0.39, 0.29) is 5.56 Å². The number of alkyl halides is 2. The zero-order valence-electron chi connectivity index (χ0n) is 12.8. The van der Waals surface area contributed by atoms with E-state index >= 15 is 0 Å². The number of halogens is 2. The molecular formula is C16H23F2NO2. The van der Waals surface area contributed by atoms with Gasteiger partial charge in [0.05, 0.1) is 14.2 Å². The van der Waals surface area contributed by atoms with Crippen molar-refractivity contribution in [3.63, 3.8) is 0 Å². The van der Waals surface area contributed by atoms with Crippen LogP contribution in [0.2, 0.25) is 0 Å². The summed E-state index contributed by atoms with van der Waals surface area (Å²) >= 11 is 0. The Morgan fingerprint density at radius 3 is 2.43 bits per heavy atom. The van der Waals surface area contributed by atoms with Crippen LogP contribution in [0, 0.1) is 5.92 Å². The second-order valence-corrected chi connectivity index (χ2v) is 5.67. The van der Waals surface area contributed by atoms with Gasteiger partial charge in [-0.05, 0) is 56.0 Å². The summed E-state index contributed by atoms with van der Waals surface area (Å²) in [7, 11) is 2.98. The molecule has 2 rings (SSSR count). The zero-order valence-corrected chi connectivity index (χ0v) is 12.8. The maximum atomic E-state index is 13.9. The Morgan fingerprint density at radius 1 is 1.24 bits per heavy atom. The van der Waals surface area contributed by atoms with E-state index in [9.17, 15) is 8.78 Å². The number of rotatable bonds is 5. The molecule has 0 amide bonds. The number of methoxy groups -OCH3 is 2. The normalized spacial score (nSPS) is 19.4. The Labute approximate surface area is 124 Å². The summed E-state index contributed by atoms with van der Waals surface area (Å²) in [6, 6.07) is 3.10. The van der Waals surface area contributed by atoms with E-state index in [1.807, 2.05) is 0 Å². The lowest BCUT2D eigenvalue weighted by atomic mass is 9.88. The summed E-state index contributed by atoms with van der Waals surface area (Å²) in [4.78, 5) is 0. The van der Waals surface area contributed by atoms with Gasteiger partial charge in [-0.3, -0.25) is 0 Å². The van der Waals surface area contributed by atoms with Gasteiger partial charge in [0, 0.05) is 12.5 Å². The topological polar surface area (TPSA) is 30.5 Å².